The van der Waals surface area contributed by atoms with Crippen LogP contribution in [0.15, 0.2) is 0 Å². The molecule has 8 N–H and O–H groups in total. The minimum atomic E-state index is -1.29. The fourth-order valence-electron chi connectivity index (χ4n) is 1.51. The maximum absolute atomic E-state index is 12.0. The predicted octanol–water partition coefficient (Wildman–Crippen LogP) is -2.70. The average molecular weight is 394 g/mol. The van der Waals surface area contributed by atoms with E-state index in [-0.39, 0.29) is 31.7 Å². The lowest BCUT2D eigenvalue weighted by atomic mass is 10.1. The Balaban J connectivity index is 4.67. The molecule has 12 nitrogen and oxygen atoms in total. The van der Waals surface area contributed by atoms with Gasteiger partial charge in [-0.05, 0) is 6.42 Å². The highest BCUT2D eigenvalue weighted by Crippen LogP contribution is 2.06. The Morgan fingerprint density at radius 2 is 1.73 bits per heavy atom. The van der Waals surface area contributed by atoms with Crippen molar-refractivity contribution in [2.45, 2.75) is 24.9 Å². The molecule has 0 aromatic heterocycles. The van der Waals surface area contributed by atoms with Crippen LogP contribution >= 0.6 is 11.8 Å². The van der Waals surface area contributed by atoms with E-state index in [1.54, 1.807) is 0 Å². The standard InChI is InChI=1S/C13H22N4O8S/c14-7(12(23)24)1-2-9(19)17-8(11(22)16-5-10(20)21)6-26-13(25)15-3-4-18/h7-8,18H,1-6,14H2,(H,15,25)(H,16,22)(H,17,19)(H,20,21)(H,23,24)/t7-,8-/m0/s1. The van der Waals surface area contributed by atoms with Crippen LogP contribution in [0.3, 0.4) is 0 Å². The second kappa shape index (κ2) is 12.9. The highest BCUT2D eigenvalue weighted by atomic mass is 32.2. The third-order valence-corrected chi connectivity index (χ3v) is 3.73. The van der Waals surface area contributed by atoms with Crippen LogP contribution in [-0.2, 0) is 19.2 Å². The molecule has 13 heteroatoms. The van der Waals surface area contributed by atoms with Gasteiger partial charge in [0.25, 0.3) is 5.24 Å². The largest absolute Gasteiger partial charge is 0.480 e. The van der Waals surface area contributed by atoms with Gasteiger partial charge in [-0.2, -0.15) is 0 Å². The Labute approximate surface area is 152 Å². The molecule has 0 spiro atoms. The molecule has 2 atom stereocenters. The van der Waals surface area contributed by atoms with E-state index >= 15 is 0 Å². The summed E-state index contributed by atoms with van der Waals surface area (Å²) in [6.45, 7) is -0.924. The fraction of sp³-hybridized carbons (Fsp3) is 0.615. The fourth-order valence-corrected chi connectivity index (χ4v) is 2.27. The molecule has 0 saturated carbocycles. The number of carboxylic acid groups (broad SMARTS) is 2. The molecular weight excluding hydrogens is 372 g/mol. The molecule has 0 heterocycles. The molecule has 0 unspecified atom stereocenters. The summed E-state index contributed by atoms with van der Waals surface area (Å²) in [5.74, 6) is -4.24. The number of hydrogen-bond acceptors (Lipinski definition) is 8. The van der Waals surface area contributed by atoms with Crippen molar-refractivity contribution in [1.29, 1.82) is 0 Å². The zero-order valence-electron chi connectivity index (χ0n) is 13.8. The van der Waals surface area contributed by atoms with E-state index in [4.69, 9.17) is 21.1 Å². The van der Waals surface area contributed by atoms with Crippen molar-refractivity contribution < 1.29 is 39.3 Å². The Morgan fingerprint density at radius 3 is 2.27 bits per heavy atom. The zero-order valence-corrected chi connectivity index (χ0v) is 14.6. The number of carbonyl (C=O) groups is 5. The topological polar surface area (TPSA) is 208 Å². The van der Waals surface area contributed by atoms with E-state index in [0.29, 0.717) is 11.8 Å². The van der Waals surface area contributed by atoms with E-state index in [0.717, 1.165) is 0 Å². The van der Waals surface area contributed by atoms with Crippen molar-refractivity contribution in [3.8, 4) is 0 Å². The summed E-state index contributed by atoms with van der Waals surface area (Å²) in [5.41, 5.74) is 5.28. The first-order valence-electron chi connectivity index (χ1n) is 7.46. The molecule has 0 aliphatic heterocycles. The van der Waals surface area contributed by atoms with E-state index in [2.05, 4.69) is 16.0 Å². The van der Waals surface area contributed by atoms with E-state index in [9.17, 15) is 24.0 Å². The molecule has 0 rings (SSSR count). The first-order valence-corrected chi connectivity index (χ1v) is 8.44. The number of aliphatic carboxylic acids is 2. The number of aliphatic hydroxyl groups excluding tert-OH is 1. The number of nitrogens with two attached hydrogens (primary N) is 1. The van der Waals surface area contributed by atoms with E-state index in [1.165, 1.54) is 0 Å². The van der Waals surface area contributed by atoms with Gasteiger partial charge in [0.2, 0.25) is 11.8 Å². The van der Waals surface area contributed by atoms with Crippen LogP contribution in [0.25, 0.3) is 0 Å². The summed E-state index contributed by atoms with van der Waals surface area (Å²) in [5, 5.41) is 32.0. The van der Waals surface area contributed by atoms with Crippen LogP contribution in [0, 0.1) is 0 Å². The van der Waals surface area contributed by atoms with Gasteiger partial charge in [-0.15, -0.1) is 0 Å². The zero-order chi connectivity index (χ0) is 20.1. The minimum Gasteiger partial charge on any atom is -0.480 e. The first kappa shape index (κ1) is 23.6. The number of nitrogens with one attached hydrogen (secondary N) is 3. The van der Waals surface area contributed by atoms with Gasteiger partial charge < -0.3 is 37.0 Å². The maximum atomic E-state index is 12.0. The molecule has 148 valence electrons. The third-order valence-electron chi connectivity index (χ3n) is 2.83. The molecule has 0 aliphatic rings. The van der Waals surface area contributed by atoms with Gasteiger partial charge in [-0.25, -0.2) is 0 Å². The Kier molecular flexibility index (Phi) is 11.7. The van der Waals surface area contributed by atoms with Crippen LogP contribution in [-0.4, -0.2) is 81.8 Å². The second-order valence-electron chi connectivity index (χ2n) is 4.96. The lowest BCUT2D eigenvalue weighted by Crippen LogP contribution is -2.49. The normalized spacial score (nSPS) is 12.5. The van der Waals surface area contributed by atoms with Crippen molar-refractivity contribution in [2.24, 2.45) is 5.73 Å². The first-order chi connectivity index (χ1) is 12.2. The van der Waals surface area contributed by atoms with Gasteiger partial charge in [-0.1, -0.05) is 11.8 Å². The quantitative estimate of drug-likeness (QED) is 0.182. The van der Waals surface area contributed by atoms with Gasteiger partial charge in [-0.3, -0.25) is 24.0 Å². The summed E-state index contributed by atoms with van der Waals surface area (Å²) in [6.07, 6.45) is -0.424. The van der Waals surface area contributed by atoms with Gasteiger partial charge in [0.05, 0.1) is 6.61 Å². The van der Waals surface area contributed by atoms with Crippen molar-refractivity contribution in [3.05, 3.63) is 0 Å². The van der Waals surface area contributed by atoms with Crippen LogP contribution in [0.2, 0.25) is 0 Å². The van der Waals surface area contributed by atoms with Gasteiger partial charge in [0, 0.05) is 18.7 Å². The Bertz CT molecular complexity index is 530. The number of carbonyl (C=O) groups excluding carboxylic acids is 3. The molecule has 0 aromatic carbocycles. The summed E-state index contributed by atoms with van der Waals surface area (Å²) in [4.78, 5) is 56.4. The molecule has 0 fully saturated rings. The number of carboxylic acids is 2. The number of amides is 3. The summed E-state index contributed by atoms with van der Waals surface area (Å²) in [6, 6.07) is -2.45. The predicted molar refractivity (Wildman–Crippen MR) is 90.4 cm³/mol. The van der Waals surface area contributed by atoms with Gasteiger partial charge in [0.1, 0.15) is 18.6 Å². The van der Waals surface area contributed by atoms with Crippen LogP contribution in [0.4, 0.5) is 4.79 Å². The monoisotopic (exact) mass is 394 g/mol. The maximum Gasteiger partial charge on any atom is 0.322 e. The number of aliphatic hydroxyl groups is 1. The molecule has 0 radical (unpaired) electrons. The molecule has 0 aliphatic carbocycles. The number of rotatable bonds is 12. The molecule has 0 saturated heterocycles. The summed E-state index contributed by atoms with van der Waals surface area (Å²) < 4.78 is 0. The Hall–Kier alpha value is -2.38. The molecule has 0 bridgehead atoms. The van der Waals surface area contributed by atoms with Crippen molar-refractivity contribution in [2.75, 3.05) is 25.4 Å². The van der Waals surface area contributed by atoms with Gasteiger partial charge >= 0.3 is 11.9 Å². The molecule has 26 heavy (non-hydrogen) atoms. The average Bonchev–Trinajstić information content (AvgIpc) is 2.58. The second-order valence-corrected chi connectivity index (χ2v) is 5.96. The summed E-state index contributed by atoms with van der Waals surface area (Å²) >= 11 is 0.655. The highest BCUT2D eigenvalue weighted by molar-refractivity contribution is 8.13. The highest BCUT2D eigenvalue weighted by Gasteiger charge is 2.23. The van der Waals surface area contributed by atoms with Crippen molar-refractivity contribution in [1.82, 2.24) is 16.0 Å². The number of hydrogen-bond donors (Lipinski definition) is 7. The van der Waals surface area contributed by atoms with E-state index < -0.39 is 47.6 Å². The third kappa shape index (κ3) is 11.2. The lowest BCUT2D eigenvalue weighted by molar-refractivity contribution is -0.139. The smallest absolute Gasteiger partial charge is 0.322 e. The number of thioether (sulfide) groups is 1. The van der Waals surface area contributed by atoms with Crippen molar-refractivity contribution >= 4 is 40.8 Å². The van der Waals surface area contributed by atoms with Crippen LogP contribution in [0.1, 0.15) is 12.8 Å². The molecule has 3 amide bonds. The summed E-state index contributed by atoms with van der Waals surface area (Å²) in [7, 11) is 0. The molecule has 0 aromatic rings. The van der Waals surface area contributed by atoms with Crippen molar-refractivity contribution in [3.63, 3.8) is 0 Å². The van der Waals surface area contributed by atoms with Gasteiger partial charge in [0.15, 0.2) is 0 Å². The van der Waals surface area contributed by atoms with Crippen LogP contribution in [0.5, 0.6) is 0 Å². The van der Waals surface area contributed by atoms with E-state index in [1.807, 2.05) is 0 Å². The SMILES string of the molecule is N[C@@H](CCC(=O)N[C@@H](CSC(=O)NCCO)C(=O)NCC(=O)O)C(=O)O. The van der Waals surface area contributed by atoms with Crippen LogP contribution < -0.4 is 21.7 Å². The Morgan fingerprint density at radius 1 is 1.08 bits per heavy atom. The minimum absolute atomic E-state index is 0.0150. The lowest BCUT2D eigenvalue weighted by Gasteiger charge is -2.18. The molecular formula is C13H22N4O8S.